The van der Waals surface area contributed by atoms with Gasteiger partial charge in [0, 0.05) is 44.4 Å². The Morgan fingerprint density at radius 2 is 1.68 bits per heavy atom. The van der Waals surface area contributed by atoms with Crippen LogP contribution in [-0.2, 0) is 6.54 Å². The first kappa shape index (κ1) is 17.3. The van der Waals surface area contributed by atoms with E-state index in [-0.39, 0.29) is 11.5 Å². The van der Waals surface area contributed by atoms with Crippen LogP contribution in [0.4, 0.5) is 23.7 Å². The number of halogens is 3. The molecule has 1 aliphatic rings. The summed E-state index contributed by atoms with van der Waals surface area (Å²) in [6.07, 6.45) is 0. The molecule has 0 bridgehead atoms. The first-order chi connectivity index (χ1) is 12.0. The predicted molar refractivity (Wildman–Crippen MR) is 88.6 cm³/mol. The van der Waals surface area contributed by atoms with E-state index in [4.69, 9.17) is 0 Å². The van der Waals surface area contributed by atoms with Gasteiger partial charge in [0.25, 0.3) is 0 Å². The van der Waals surface area contributed by atoms with Crippen LogP contribution in [0.25, 0.3) is 0 Å². The van der Waals surface area contributed by atoms with Crippen LogP contribution < -0.4 is 5.32 Å². The van der Waals surface area contributed by atoms with E-state index >= 15 is 0 Å². The molecule has 2 aromatic carbocycles. The van der Waals surface area contributed by atoms with Crippen LogP contribution in [0.5, 0.6) is 0 Å². The highest BCUT2D eigenvalue weighted by Gasteiger charge is 2.22. The summed E-state index contributed by atoms with van der Waals surface area (Å²) in [7, 11) is 0. The van der Waals surface area contributed by atoms with Gasteiger partial charge in [-0.2, -0.15) is 0 Å². The molecule has 1 fully saturated rings. The predicted octanol–water partition coefficient (Wildman–Crippen LogP) is 3.45. The maximum absolute atomic E-state index is 13.7. The number of hydrogen-bond acceptors (Lipinski definition) is 2. The number of anilines is 1. The van der Waals surface area contributed by atoms with E-state index in [1.54, 1.807) is 23.1 Å². The number of urea groups is 1. The SMILES string of the molecule is O=C(Nc1ccc(F)cc1F)N1CCN(Cc2ccccc2F)CC1. The highest BCUT2D eigenvalue weighted by molar-refractivity contribution is 5.89. The number of benzene rings is 2. The zero-order valence-electron chi connectivity index (χ0n) is 13.5. The Balaban J connectivity index is 1.53. The molecule has 132 valence electrons. The van der Waals surface area contributed by atoms with Crippen LogP contribution in [0.3, 0.4) is 0 Å². The van der Waals surface area contributed by atoms with Gasteiger partial charge < -0.3 is 10.2 Å². The van der Waals surface area contributed by atoms with Crippen molar-refractivity contribution in [2.24, 2.45) is 0 Å². The van der Waals surface area contributed by atoms with Crippen molar-refractivity contribution in [2.75, 3.05) is 31.5 Å². The van der Waals surface area contributed by atoms with Gasteiger partial charge in [0.1, 0.15) is 17.5 Å². The number of rotatable bonds is 3. The third kappa shape index (κ3) is 4.30. The van der Waals surface area contributed by atoms with Gasteiger partial charge >= 0.3 is 6.03 Å². The summed E-state index contributed by atoms with van der Waals surface area (Å²) in [6.45, 7) is 2.56. The zero-order valence-corrected chi connectivity index (χ0v) is 13.5. The van der Waals surface area contributed by atoms with Gasteiger partial charge in [0.15, 0.2) is 0 Å². The second-order valence-electron chi connectivity index (χ2n) is 5.91. The minimum Gasteiger partial charge on any atom is -0.322 e. The van der Waals surface area contributed by atoms with Gasteiger partial charge in [0.2, 0.25) is 0 Å². The second-order valence-corrected chi connectivity index (χ2v) is 5.91. The Bertz CT molecular complexity index is 761. The van der Waals surface area contributed by atoms with Crippen LogP contribution in [0, 0.1) is 17.5 Å². The summed E-state index contributed by atoms with van der Waals surface area (Å²) in [5, 5.41) is 2.45. The molecule has 2 aromatic rings. The normalized spacial score (nSPS) is 15.2. The van der Waals surface area contributed by atoms with Crippen molar-refractivity contribution < 1.29 is 18.0 Å². The fourth-order valence-corrected chi connectivity index (χ4v) is 2.76. The van der Waals surface area contributed by atoms with Gasteiger partial charge in [-0.3, -0.25) is 4.90 Å². The van der Waals surface area contributed by atoms with Crippen molar-refractivity contribution in [3.8, 4) is 0 Å². The molecular formula is C18H18F3N3O. The molecule has 3 rings (SSSR count). The van der Waals surface area contributed by atoms with Gasteiger partial charge in [-0.1, -0.05) is 18.2 Å². The van der Waals surface area contributed by atoms with E-state index in [1.807, 2.05) is 0 Å². The van der Waals surface area contributed by atoms with Crippen molar-refractivity contribution in [1.82, 2.24) is 9.80 Å². The van der Waals surface area contributed by atoms with E-state index in [0.29, 0.717) is 38.3 Å². The number of carbonyl (C=O) groups is 1. The Morgan fingerprint density at radius 3 is 2.36 bits per heavy atom. The first-order valence-electron chi connectivity index (χ1n) is 7.99. The van der Waals surface area contributed by atoms with Crippen molar-refractivity contribution >= 4 is 11.7 Å². The molecule has 0 aromatic heterocycles. The average Bonchev–Trinajstić information content (AvgIpc) is 2.60. The molecule has 7 heteroatoms. The Hall–Kier alpha value is -2.54. The lowest BCUT2D eigenvalue weighted by atomic mass is 10.2. The van der Waals surface area contributed by atoms with Gasteiger partial charge in [-0.15, -0.1) is 0 Å². The topological polar surface area (TPSA) is 35.6 Å². The van der Waals surface area contributed by atoms with Crippen molar-refractivity contribution in [3.63, 3.8) is 0 Å². The molecule has 0 aliphatic carbocycles. The van der Waals surface area contributed by atoms with E-state index < -0.39 is 17.7 Å². The molecule has 1 N–H and O–H groups in total. The maximum atomic E-state index is 13.7. The molecule has 1 aliphatic heterocycles. The zero-order chi connectivity index (χ0) is 17.8. The molecule has 0 atom stereocenters. The van der Waals surface area contributed by atoms with Crippen molar-refractivity contribution in [2.45, 2.75) is 6.54 Å². The Kier molecular flexibility index (Phi) is 5.23. The Labute approximate surface area is 143 Å². The lowest BCUT2D eigenvalue weighted by Crippen LogP contribution is -2.49. The molecular weight excluding hydrogens is 331 g/mol. The van der Waals surface area contributed by atoms with E-state index in [9.17, 15) is 18.0 Å². The Morgan fingerprint density at radius 1 is 0.960 bits per heavy atom. The highest BCUT2D eigenvalue weighted by Crippen LogP contribution is 2.17. The fraction of sp³-hybridized carbons (Fsp3) is 0.278. The van der Waals surface area contributed by atoms with E-state index in [1.165, 1.54) is 12.1 Å². The van der Waals surface area contributed by atoms with Crippen LogP contribution in [0.1, 0.15) is 5.56 Å². The number of hydrogen-bond donors (Lipinski definition) is 1. The molecule has 0 radical (unpaired) electrons. The quantitative estimate of drug-likeness (QED) is 0.921. The summed E-state index contributed by atoms with van der Waals surface area (Å²) in [5.41, 5.74) is 0.564. The number of nitrogens with one attached hydrogen (secondary N) is 1. The number of nitrogens with zero attached hydrogens (tertiary/aromatic N) is 2. The minimum absolute atomic E-state index is 0.0554. The smallest absolute Gasteiger partial charge is 0.322 e. The van der Waals surface area contributed by atoms with Gasteiger partial charge in [-0.05, 0) is 18.2 Å². The van der Waals surface area contributed by atoms with Crippen LogP contribution in [0.15, 0.2) is 42.5 Å². The largest absolute Gasteiger partial charge is 0.322 e. The maximum Gasteiger partial charge on any atom is 0.322 e. The molecule has 0 spiro atoms. The number of amides is 2. The second kappa shape index (κ2) is 7.57. The summed E-state index contributed by atoms with van der Waals surface area (Å²) < 4.78 is 40.2. The molecule has 1 heterocycles. The van der Waals surface area contributed by atoms with Crippen LogP contribution >= 0.6 is 0 Å². The summed E-state index contributed by atoms with van der Waals surface area (Å²) >= 11 is 0. The van der Waals surface area contributed by atoms with E-state index in [2.05, 4.69) is 10.2 Å². The first-order valence-corrected chi connectivity index (χ1v) is 7.99. The van der Waals surface area contributed by atoms with Gasteiger partial charge in [-0.25, -0.2) is 18.0 Å². The molecule has 0 saturated carbocycles. The van der Waals surface area contributed by atoms with Crippen LogP contribution in [-0.4, -0.2) is 42.0 Å². The minimum atomic E-state index is -0.813. The molecule has 1 saturated heterocycles. The van der Waals surface area contributed by atoms with Crippen molar-refractivity contribution in [3.05, 3.63) is 65.5 Å². The number of carbonyl (C=O) groups excluding carboxylic acids is 1. The van der Waals surface area contributed by atoms with Gasteiger partial charge in [0.05, 0.1) is 5.69 Å². The van der Waals surface area contributed by atoms with E-state index in [0.717, 1.165) is 12.1 Å². The lowest BCUT2D eigenvalue weighted by molar-refractivity contribution is 0.142. The molecule has 25 heavy (non-hydrogen) atoms. The van der Waals surface area contributed by atoms with Crippen LogP contribution in [0.2, 0.25) is 0 Å². The monoisotopic (exact) mass is 349 g/mol. The summed E-state index contributed by atoms with van der Waals surface area (Å²) in [6, 6.07) is 9.18. The lowest BCUT2D eigenvalue weighted by Gasteiger charge is -2.34. The molecule has 2 amide bonds. The molecule has 0 unspecified atom stereocenters. The standard InChI is InChI=1S/C18H18F3N3O/c19-14-5-6-17(16(21)11-14)22-18(25)24-9-7-23(8-10-24)12-13-3-1-2-4-15(13)20/h1-6,11H,7-10,12H2,(H,22,25). The molecule has 4 nitrogen and oxygen atoms in total. The van der Waals surface area contributed by atoms with Crippen molar-refractivity contribution in [1.29, 1.82) is 0 Å². The third-order valence-corrected chi connectivity index (χ3v) is 4.18. The summed E-state index contributed by atoms with van der Waals surface area (Å²) in [4.78, 5) is 15.8. The summed E-state index contributed by atoms with van der Waals surface area (Å²) in [5.74, 6) is -1.75. The average molecular weight is 349 g/mol. The highest BCUT2D eigenvalue weighted by atomic mass is 19.1. The number of piperazine rings is 1. The third-order valence-electron chi connectivity index (χ3n) is 4.18. The fourth-order valence-electron chi connectivity index (χ4n) is 2.76.